The van der Waals surface area contributed by atoms with Crippen LogP contribution in [0.25, 0.3) is 0 Å². The van der Waals surface area contributed by atoms with Crippen LogP contribution >= 0.6 is 7.82 Å². The van der Waals surface area contributed by atoms with Crippen molar-refractivity contribution in [2.45, 2.75) is 142 Å². The number of likely N-dealkylation sites (N-methyl/N-ethyl adjacent to an activating group) is 1. The summed E-state index contributed by atoms with van der Waals surface area (Å²) in [4.78, 5) is 22.9. The van der Waals surface area contributed by atoms with Gasteiger partial charge in [0, 0.05) is 6.42 Å². The number of aliphatic hydroxyl groups is 1. The van der Waals surface area contributed by atoms with Crippen LogP contribution in [0.1, 0.15) is 129 Å². The van der Waals surface area contributed by atoms with Gasteiger partial charge in [0.15, 0.2) is 0 Å². The van der Waals surface area contributed by atoms with E-state index in [4.69, 9.17) is 9.05 Å². The lowest BCUT2D eigenvalue weighted by atomic mass is 10.1. The molecule has 46 heavy (non-hydrogen) atoms. The van der Waals surface area contributed by atoms with Crippen molar-refractivity contribution in [3.8, 4) is 0 Å². The number of allylic oxidation sites excluding steroid dienone is 7. The first-order valence-electron chi connectivity index (χ1n) is 18.0. The number of rotatable bonds is 31. The maximum atomic E-state index is 12.7. The minimum Gasteiger partial charge on any atom is -0.387 e. The quantitative estimate of drug-likeness (QED) is 0.0295. The molecule has 0 aliphatic carbocycles. The topological polar surface area (TPSA) is 105 Å². The molecule has 0 radical (unpaired) electrons. The van der Waals surface area contributed by atoms with Crippen molar-refractivity contribution in [1.82, 2.24) is 5.32 Å². The molecule has 0 saturated heterocycles. The van der Waals surface area contributed by atoms with Crippen molar-refractivity contribution >= 4 is 13.7 Å². The second-order valence-corrected chi connectivity index (χ2v) is 14.7. The van der Waals surface area contributed by atoms with Gasteiger partial charge in [0.05, 0.1) is 39.9 Å². The van der Waals surface area contributed by atoms with Crippen molar-refractivity contribution < 1.29 is 32.9 Å². The lowest BCUT2D eigenvalue weighted by molar-refractivity contribution is -0.870. The van der Waals surface area contributed by atoms with Crippen LogP contribution in [0.2, 0.25) is 0 Å². The molecule has 0 heterocycles. The third kappa shape index (κ3) is 31.1. The van der Waals surface area contributed by atoms with Crippen LogP contribution in [0.3, 0.4) is 0 Å². The predicted octanol–water partition coefficient (Wildman–Crippen LogP) is 8.96. The number of carbonyl (C=O) groups is 1. The third-order valence-corrected chi connectivity index (χ3v) is 8.49. The second-order valence-electron chi connectivity index (χ2n) is 13.2. The van der Waals surface area contributed by atoms with Crippen LogP contribution in [0, 0.1) is 0 Å². The maximum absolute atomic E-state index is 12.7. The summed E-state index contributed by atoms with van der Waals surface area (Å²) in [6, 6.07) is -0.867. The summed E-state index contributed by atoms with van der Waals surface area (Å²) >= 11 is 0. The van der Waals surface area contributed by atoms with Gasteiger partial charge >= 0.3 is 7.82 Å². The highest BCUT2D eigenvalue weighted by Gasteiger charge is 2.27. The number of nitrogens with one attached hydrogen (secondary N) is 1. The molecule has 0 spiro atoms. The number of phosphoric ester groups is 1. The van der Waals surface area contributed by atoms with Gasteiger partial charge < -0.3 is 19.8 Å². The number of phosphoric acid groups is 1. The van der Waals surface area contributed by atoms with Crippen LogP contribution in [-0.2, 0) is 18.4 Å². The van der Waals surface area contributed by atoms with Crippen LogP contribution < -0.4 is 5.32 Å². The summed E-state index contributed by atoms with van der Waals surface area (Å²) in [7, 11) is 1.53. The van der Waals surface area contributed by atoms with Crippen LogP contribution in [0.5, 0.6) is 0 Å². The molecule has 0 aliphatic rings. The van der Waals surface area contributed by atoms with Crippen LogP contribution in [0.4, 0.5) is 0 Å². The summed E-state index contributed by atoms with van der Waals surface area (Å²) in [6.45, 7) is 4.65. The van der Waals surface area contributed by atoms with E-state index in [2.05, 4.69) is 55.6 Å². The van der Waals surface area contributed by atoms with Crippen molar-refractivity contribution in [3.05, 3.63) is 48.6 Å². The highest BCUT2D eigenvalue weighted by Crippen LogP contribution is 2.43. The Morgan fingerprint density at radius 3 is 1.96 bits per heavy atom. The molecule has 0 aliphatic heterocycles. The van der Waals surface area contributed by atoms with Crippen LogP contribution in [0.15, 0.2) is 48.6 Å². The van der Waals surface area contributed by atoms with E-state index in [0.29, 0.717) is 17.4 Å². The molecule has 0 fully saturated rings. The van der Waals surface area contributed by atoms with E-state index in [-0.39, 0.29) is 19.1 Å². The molecule has 8 nitrogen and oxygen atoms in total. The summed E-state index contributed by atoms with van der Waals surface area (Å²) in [5.41, 5.74) is 0. The lowest BCUT2D eigenvalue weighted by Crippen LogP contribution is -2.45. The fourth-order valence-corrected chi connectivity index (χ4v) is 5.30. The van der Waals surface area contributed by atoms with Crippen molar-refractivity contribution in [1.29, 1.82) is 0 Å². The summed E-state index contributed by atoms with van der Waals surface area (Å²) in [5.74, 6) is -0.208. The minimum atomic E-state index is -4.34. The number of hydrogen-bond donors (Lipinski definition) is 3. The van der Waals surface area contributed by atoms with E-state index in [1.807, 2.05) is 27.2 Å². The molecular formula is C37H70N2O6P+. The molecule has 0 rings (SSSR count). The molecular weight excluding hydrogens is 599 g/mol. The number of nitrogens with zero attached hydrogens (tertiary/aromatic N) is 1. The van der Waals surface area contributed by atoms with Gasteiger partial charge in [-0.05, 0) is 57.8 Å². The highest BCUT2D eigenvalue weighted by atomic mass is 31.2. The van der Waals surface area contributed by atoms with Gasteiger partial charge in [0.25, 0.3) is 0 Å². The molecule has 3 atom stereocenters. The molecule has 3 unspecified atom stereocenters. The standard InChI is InChI=1S/C37H69N2O6P/c1-6-8-10-12-14-16-18-19-21-23-25-27-29-31-37(41)38-35(34-45-46(42,43)44-33-32-39(3,4)5)36(40)30-28-26-24-22-20-17-15-13-11-9-7-2/h10,12,16,18,20,22,28,30,35-36,40H,6-9,11,13-15,17,19,21,23-27,29,31-34H2,1-5H3,(H-,38,41,42,43)/p+1/b12-10-,18-16-,22-20+,30-28+. The van der Waals surface area contributed by atoms with Crippen molar-refractivity contribution in [2.75, 3.05) is 40.9 Å². The average molecular weight is 670 g/mol. The molecule has 0 saturated carbocycles. The normalized spacial score (nSPS) is 15.4. The smallest absolute Gasteiger partial charge is 0.387 e. The minimum absolute atomic E-state index is 0.0513. The van der Waals surface area contributed by atoms with Gasteiger partial charge in [0.2, 0.25) is 5.91 Å². The number of aliphatic hydroxyl groups excluding tert-OH is 1. The maximum Gasteiger partial charge on any atom is 0.472 e. The summed E-state index contributed by atoms with van der Waals surface area (Å²) < 4.78 is 23.4. The zero-order valence-electron chi connectivity index (χ0n) is 30.0. The molecule has 0 aromatic heterocycles. The molecule has 9 heteroatoms. The van der Waals surface area contributed by atoms with E-state index >= 15 is 0 Å². The largest absolute Gasteiger partial charge is 0.472 e. The van der Waals surface area contributed by atoms with Crippen molar-refractivity contribution in [3.63, 3.8) is 0 Å². The van der Waals surface area contributed by atoms with Gasteiger partial charge in [-0.3, -0.25) is 13.8 Å². The van der Waals surface area contributed by atoms with E-state index in [0.717, 1.165) is 70.6 Å². The van der Waals surface area contributed by atoms with E-state index in [9.17, 15) is 19.4 Å². The second kappa shape index (κ2) is 29.6. The van der Waals surface area contributed by atoms with Crippen LogP contribution in [-0.4, -0.2) is 73.4 Å². The lowest BCUT2D eigenvalue weighted by Gasteiger charge is -2.25. The van der Waals surface area contributed by atoms with E-state index in [1.54, 1.807) is 6.08 Å². The molecule has 0 aromatic carbocycles. The summed E-state index contributed by atoms with van der Waals surface area (Å²) in [5, 5.41) is 13.7. The Balaban J connectivity index is 4.66. The van der Waals surface area contributed by atoms with E-state index < -0.39 is 20.0 Å². The van der Waals surface area contributed by atoms with Gasteiger partial charge in [-0.1, -0.05) is 114 Å². The van der Waals surface area contributed by atoms with Gasteiger partial charge in [-0.25, -0.2) is 4.57 Å². The Hall–Kier alpha value is -1.54. The SMILES string of the molecule is CCC/C=C\C/C=C\CCCCCCCC(=O)NC(COP(=O)(O)OCC[N+](C)(C)C)C(O)/C=C/CC/C=C/CCCCCCC. The first-order chi connectivity index (χ1) is 22.0. The fourth-order valence-electron chi connectivity index (χ4n) is 4.56. The van der Waals surface area contributed by atoms with Gasteiger partial charge in [-0.15, -0.1) is 0 Å². The Bertz CT molecular complexity index is 897. The third-order valence-electron chi connectivity index (χ3n) is 7.50. The first-order valence-corrected chi connectivity index (χ1v) is 19.5. The average Bonchev–Trinajstić information content (AvgIpc) is 2.99. The number of hydrogen-bond acceptors (Lipinski definition) is 5. The zero-order valence-corrected chi connectivity index (χ0v) is 30.9. The van der Waals surface area contributed by atoms with Gasteiger partial charge in [0.1, 0.15) is 13.2 Å². The molecule has 3 N–H and O–H groups in total. The zero-order chi connectivity index (χ0) is 34.4. The monoisotopic (exact) mass is 669 g/mol. The van der Waals surface area contributed by atoms with Gasteiger partial charge in [-0.2, -0.15) is 0 Å². The Morgan fingerprint density at radius 2 is 1.30 bits per heavy atom. The molecule has 1 amide bonds. The number of amides is 1. The number of unbranched alkanes of at least 4 members (excludes halogenated alkanes) is 12. The highest BCUT2D eigenvalue weighted by molar-refractivity contribution is 7.47. The predicted molar refractivity (Wildman–Crippen MR) is 194 cm³/mol. The Kier molecular flexibility index (Phi) is 28.6. The number of carbonyl (C=O) groups excluding carboxylic acids is 1. The molecule has 0 aromatic rings. The number of quaternary nitrogens is 1. The Labute approximate surface area is 282 Å². The van der Waals surface area contributed by atoms with Crippen molar-refractivity contribution in [2.24, 2.45) is 0 Å². The fraction of sp³-hybridized carbons (Fsp3) is 0.757. The molecule has 0 bridgehead atoms. The van der Waals surface area contributed by atoms with E-state index in [1.165, 1.54) is 38.5 Å². The molecule has 268 valence electrons. The summed E-state index contributed by atoms with van der Waals surface area (Å²) in [6.07, 6.45) is 34.6. The first kappa shape index (κ1) is 44.5. The Morgan fingerprint density at radius 1 is 0.739 bits per heavy atom.